The van der Waals surface area contributed by atoms with Crippen LogP contribution in [0, 0.1) is 0 Å². The van der Waals surface area contributed by atoms with Gasteiger partial charge < -0.3 is 9.26 Å². The SMILES string of the molecule is COC(=O)c1cccc(-c2noc(-c3cccnc3-n3cccn3)n2)c1. The Bertz CT molecular complexity index is 1060. The molecule has 4 aromatic rings. The van der Waals surface area contributed by atoms with Gasteiger partial charge in [-0.2, -0.15) is 10.1 Å². The van der Waals surface area contributed by atoms with Crippen LogP contribution in [-0.2, 0) is 4.74 Å². The molecule has 0 spiro atoms. The van der Waals surface area contributed by atoms with Gasteiger partial charge in [0.25, 0.3) is 5.89 Å². The van der Waals surface area contributed by atoms with Crippen molar-refractivity contribution in [1.29, 1.82) is 0 Å². The molecule has 128 valence electrons. The Morgan fingerprint density at radius 3 is 2.88 bits per heavy atom. The van der Waals surface area contributed by atoms with Crippen molar-refractivity contribution in [2.75, 3.05) is 7.11 Å². The molecule has 0 aliphatic rings. The van der Waals surface area contributed by atoms with Crippen LogP contribution in [0.25, 0.3) is 28.7 Å². The second kappa shape index (κ2) is 6.60. The van der Waals surface area contributed by atoms with E-state index in [1.165, 1.54) is 7.11 Å². The van der Waals surface area contributed by atoms with Gasteiger partial charge in [-0.15, -0.1) is 0 Å². The van der Waals surface area contributed by atoms with Crippen LogP contribution in [0.15, 0.2) is 65.6 Å². The van der Waals surface area contributed by atoms with E-state index in [4.69, 9.17) is 9.26 Å². The largest absolute Gasteiger partial charge is 0.465 e. The van der Waals surface area contributed by atoms with Crippen LogP contribution in [-0.4, -0.2) is 38.0 Å². The summed E-state index contributed by atoms with van der Waals surface area (Å²) < 4.78 is 11.8. The van der Waals surface area contributed by atoms with Crippen molar-refractivity contribution in [2.24, 2.45) is 0 Å². The Balaban J connectivity index is 1.73. The molecular weight excluding hydrogens is 334 g/mol. The maximum Gasteiger partial charge on any atom is 0.337 e. The van der Waals surface area contributed by atoms with Gasteiger partial charge in [-0.05, 0) is 30.3 Å². The maximum atomic E-state index is 11.7. The second-order valence-electron chi connectivity index (χ2n) is 5.32. The van der Waals surface area contributed by atoms with Gasteiger partial charge in [-0.25, -0.2) is 14.5 Å². The third-order valence-corrected chi connectivity index (χ3v) is 3.71. The Labute approximate surface area is 148 Å². The van der Waals surface area contributed by atoms with Crippen molar-refractivity contribution < 1.29 is 14.1 Å². The van der Waals surface area contributed by atoms with E-state index in [9.17, 15) is 4.79 Å². The lowest BCUT2D eigenvalue weighted by molar-refractivity contribution is 0.0601. The zero-order valence-electron chi connectivity index (χ0n) is 13.7. The Morgan fingerprint density at radius 1 is 1.15 bits per heavy atom. The van der Waals surface area contributed by atoms with Crippen LogP contribution in [0.5, 0.6) is 0 Å². The lowest BCUT2D eigenvalue weighted by Gasteiger charge is -2.03. The van der Waals surface area contributed by atoms with Crippen molar-refractivity contribution >= 4 is 5.97 Å². The molecule has 8 heteroatoms. The molecule has 0 saturated heterocycles. The number of hydrogen-bond donors (Lipinski definition) is 0. The minimum absolute atomic E-state index is 0.307. The van der Waals surface area contributed by atoms with E-state index in [-0.39, 0.29) is 0 Å². The molecule has 0 aliphatic carbocycles. The van der Waals surface area contributed by atoms with Gasteiger partial charge in [0.05, 0.1) is 18.2 Å². The number of rotatable bonds is 4. The summed E-state index contributed by atoms with van der Waals surface area (Å²) in [5.74, 6) is 0.822. The monoisotopic (exact) mass is 347 g/mol. The summed E-state index contributed by atoms with van der Waals surface area (Å²) in [4.78, 5) is 20.5. The van der Waals surface area contributed by atoms with Gasteiger partial charge in [0.2, 0.25) is 5.82 Å². The highest BCUT2D eigenvalue weighted by Crippen LogP contribution is 2.26. The van der Waals surface area contributed by atoms with Crippen LogP contribution in [0.3, 0.4) is 0 Å². The van der Waals surface area contributed by atoms with Crippen molar-refractivity contribution in [3.63, 3.8) is 0 Å². The van der Waals surface area contributed by atoms with Gasteiger partial charge in [0.1, 0.15) is 0 Å². The fraction of sp³-hybridized carbons (Fsp3) is 0.0556. The van der Waals surface area contributed by atoms with Crippen LogP contribution in [0.4, 0.5) is 0 Å². The highest BCUT2D eigenvalue weighted by molar-refractivity contribution is 5.90. The maximum absolute atomic E-state index is 11.7. The number of carbonyl (C=O) groups is 1. The topological polar surface area (TPSA) is 95.9 Å². The van der Waals surface area contributed by atoms with Crippen LogP contribution in [0.2, 0.25) is 0 Å². The molecule has 3 aromatic heterocycles. The molecule has 0 saturated carbocycles. The summed E-state index contributed by atoms with van der Waals surface area (Å²) in [6.45, 7) is 0. The molecule has 0 unspecified atom stereocenters. The van der Waals surface area contributed by atoms with E-state index in [1.807, 2.05) is 6.07 Å². The van der Waals surface area contributed by atoms with E-state index >= 15 is 0 Å². The number of nitrogens with zero attached hydrogens (tertiary/aromatic N) is 5. The standard InChI is InChI=1S/C18H13N5O3/c1-25-18(24)13-6-2-5-12(11-13)15-21-17(26-22-15)14-7-3-8-19-16(14)23-10-4-9-20-23/h2-11H,1H3. The Morgan fingerprint density at radius 2 is 2.08 bits per heavy atom. The Kier molecular flexibility index (Phi) is 3.98. The summed E-state index contributed by atoms with van der Waals surface area (Å²) >= 11 is 0. The fourth-order valence-corrected chi connectivity index (χ4v) is 2.49. The highest BCUT2D eigenvalue weighted by atomic mass is 16.5. The van der Waals surface area contributed by atoms with Crippen molar-refractivity contribution in [3.8, 4) is 28.7 Å². The van der Waals surface area contributed by atoms with Crippen molar-refractivity contribution in [1.82, 2.24) is 24.9 Å². The average Bonchev–Trinajstić information content (AvgIpc) is 3.39. The van der Waals surface area contributed by atoms with Crippen molar-refractivity contribution in [2.45, 2.75) is 0 Å². The van der Waals surface area contributed by atoms with E-state index in [0.717, 1.165) is 0 Å². The zero-order chi connectivity index (χ0) is 17.9. The van der Waals surface area contributed by atoms with Crippen LogP contribution < -0.4 is 0 Å². The molecule has 3 heterocycles. The molecule has 0 amide bonds. The molecule has 0 bridgehead atoms. The first kappa shape index (κ1) is 15.7. The number of pyridine rings is 1. The molecule has 26 heavy (non-hydrogen) atoms. The Hall–Kier alpha value is -3.81. The first-order valence-corrected chi connectivity index (χ1v) is 7.74. The molecule has 0 N–H and O–H groups in total. The number of esters is 1. The number of aromatic nitrogens is 5. The molecular formula is C18H13N5O3. The summed E-state index contributed by atoms with van der Waals surface area (Å²) in [6, 6.07) is 12.2. The molecule has 8 nitrogen and oxygen atoms in total. The third-order valence-electron chi connectivity index (χ3n) is 3.71. The number of carbonyl (C=O) groups excluding carboxylic acids is 1. The van der Waals surface area contributed by atoms with Crippen LogP contribution >= 0.6 is 0 Å². The minimum Gasteiger partial charge on any atom is -0.465 e. The molecule has 4 rings (SSSR count). The minimum atomic E-state index is -0.427. The number of methoxy groups -OCH3 is 1. The van der Waals surface area contributed by atoms with Gasteiger partial charge in [0, 0.05) is 24.2 Å². The normalized spacial score (nSPS) is 10.7. The first-order chi connectivity index (χ1) is 12.8. The van der Waals surface area contributed by atoms with Crippen molar-refractivity contribution in [3.05, 3.63) is 66.6 Å². The average molecular weight is 347 g/mol. The van der Waals surface area contributed by atoms with E-state index in [2.05, 4.69) is 20.2 Å². The molecule has 0 aliphatic heterocycles. The predicted octanol–water partition coefficient (Wildman–Crippen LogP) is 2.77. The van der Waals surface area contributed by atoms with E-state index < -0.39 is 5.97 Å². The van der Waals surface area contributed by atoms with E-state index in [1.54, 1.807) is 59.7 Å². The van der Waals surface area contributed by atoms with Gasteiger partial charge >= 0.3 is 5.97 Å². The van der Waals surface area contributed by atoms with E-state index in [0.29, 0.717) is 34.2 Å². The molecule has 0 fully saturated rings. The van der Waals surface area contributed by atoms with Gasteiger partial charge in [-0.1, -0.05) is 17.3 Å². The summed E-state index contributed by atoms with van der Waals surface area (Å²) in [7, 11) is 1.33. The lowest BCUT2D eigenvalue weighted by Crippen LogP contribution is -2.01. The predicted molar refractivity (Wildman–Crippen MR) is 91.4 cm³/mol. The van der Waals surface area contributed by atoms with Gasteiger partial charge in [0.15, 0.2) is 5.82 Å². The fourth-order valence-electron chi connectivity index (χ4n) is 2.49. The lowest BCUT2D eigenvalue weighted by atomic mass is 10.1. The number of hydrogen-bond acceptors (Lipinski definition) is 7. The van der Waals surface area contributed by atoms with Gasteiger partial charge in [-0.3, -0.25) is 0 Å². The summed E-state index contributed by atoms with van der Waals surface area (Å²) in [5, 5.41) is 8.21. The molecule has 0 radical (unpaired) electrons. The smallest absolute Gasteiger partial charge is 0.337 e. The first-order valence-electron chi connectivity index (χ1n) is 7.74. The highest BCUT2D eigenvalue weighted by Gasteiger charge is 2.17. The zero-order valence-corrected chi connectivity index (χ0v) is 13.7. The number of ether oxygens (including phenoxy) is 1. The summed E-state index contributed by atoms with van der Waals surface area (Å²) in [6.07, 6.45) is 5.11. The quantitative estimate of drug-likeness (QED) is 0.524. The molecule has 1 aromatic carbocycles. The van der Waals surface area contributed by atoms with Crippen LogP contribution in [0.1, 0.15) is 10.4 Å². The second-order valence-corrected chi connectivity index (χ2v) is 5.32. The number of benzene rings is 1. The summed E-state index contributed by atoms with van der Waals surface area (Å²) in [5.41, 5.74) is 1.71. The third kappa shape index (κ3) is 2.84. The molecule has 0 atom stereocenters.